The van der Waals surface area contributed by atoms with Gasteiger partial charge in [-0.15, -0.1) is 0 Å². The van der Waals surface area contributed by atoms with Gasteiger partial charge < -0.3 is 5.32 Å². The van der Waals surface area contributed by atoms with Crippen LogP contribution < -0.4 is 5.32 Å². The van der Waals surface area contributed by atoms with Gasteiger partial charge in [-0.05, 0) is 70.9 Å². The first-order chi connectivity index (χ1) is 12.1. The monoisotopic (exact) mass is 391 g/mol. The molecule has 1 amide bonds. The average molecular weight is 392 g/mol. The number of nitrogens with one attached hydrogen (secondary N) is 1. The van der Waals surface area contributed by atoms with Crippen LogP contribution >= 0.6 is 15.9 Å². The van der Waals surface area contributed by atoms with Gasteiger partial charge in [-0.2, -0.15) is 0 Å². The molecule has 0 saturated heterocycles. The van der Waals surface area contributed by atoms with Gasteiger partial charge in [0.2, 0.25) is 0 Å². The van der Waals surface area contributed by atoms with Crippen LogP contribution in [-0.2, 0) is 0 Å². The molecule has 5 heteroatoms. The molecule has 0 bridgehead atoms. The first kappa shape index (κ1) is 15.7. The highest BCUT2D eigenvalue weighted by Crippen LogP contribution is 2.24. The summed E-state index contributed by atoms with van der Waals surface area (Å²) in [6, 6.07) is 18.9. The van der Waals surface area contributed by atoms with Crippen LogP contribution in [0.1, 0.15) is 15.9 Å². The predicted octanol–water partition coefficient (Wildman–Crippen LogP) is 5.11. The van der Waals surface area contributed by atoms with Crippen molar-refractivity contribution in [1.82, 2.24) is 9.97 Å². The normalized spacial score (nSPS) is 11.0. The van der Waals surface area contributed by atoms with Crippen molar-refractivity contribution < 1.29 is 4.79 Å². The van der Waals surface area contributed by atoms with E-state index in [0.29, 0.717) is 11.1 Å². The van der Waals surface area contributed by atoms with E-state index in [4.69, 9.17) is 0 Å². The molecular weight excluding hydrogens is 378 g/mol. The molecule has 0 spiro atoms. The topological polar surface area (TPSA) is 54.9 Å². The van der Waals surface area contributed by atoms with Crippen LogP contribution in [0.3, 0.4) is 0 Å². The van der Waals surface area contributed by atoms with E-state index >= 15 is 0 Å². The molecule has 0 aliphatic carbocycles. The van der Waals surface area contributed by atoms with E-state index in [9.17, 15) is 4.79 Å². The summed E-state index contributed by atoms with van der Waals surface area (Å²) in [4.78, 5) is 21.8. The van der Waals surface area contributed by atoms with Crippen molar-refractivity contribution >= 4 is 49.6 Å². The number of anilines is 1. The number of aryl methyl sites for hydroxylation is 1. The summed E-state index contributed by atoms with van der Waals surface area (Å²) >= 11 is 3.48. The minimum absolute atomic E-state index is 0.179. The molecule has 0 aliphatic rings. The first-order valence-corrected chi connectivity index (χ1v) is 8.63. The molecule has 1 heterocycles. The molecule has 0 saturated carbocycles. The Labute approximate surface area is 153 Å². The van der Waals surface area contributed by atoms with Crippen molar-refractivity contribution in [3.63, 3.8) is 0 Å². The van der Waals surface area contributed by atoms with Crippen LogP contribution in [-0.4, -0.2) is 15.9 Å². The third-order valence-corrected chi connectivity index (χ3v) is 4.63. The lowest BCUT2D eigenvalue weighted by Gasteiger charge is -2.09. The molecular formula is C20H14BrN3O. The number of nitrogens with zero attached hydrogens (tertiary/aromatic N) is 2. The van der Waals surface area contributed by atoms with Gasteiger partial charge in [0.05, 0.1) is 27.8 Å². The SMILES string of the molecule is Cc1ccc(NC(=O)c2ccc3nc4ccccc4nc3c2)c(Br)c1. The standard InChI is InChI=1S/C20H14BrN3O/c1-12-6-8-15(14(21)10-12)24-20(25)13-7-9-18-19(11-13)23-17-5-3-2-4-16(17)22-18/h2-11H,1H3,(H,24,25). The molecule has 4 aromatic rings. The summed E-state index contributed by atoms with van der Waals surface area (Å²) in [5.74, 6) is -0.179. The van der Waals surface area contributed by atoms with E-state index in [1.165, 1.54) is 0 Å². The highest BCUT2D eigenvalue weighted by molar-refractivity contribution is 9.10. The van der Waals surface area contributed by atoms with Crippen molar-refractivity contribution in [2.24, 2.45) is 0 Å². The van der Waals surface area contributed by atoms with Gasteiger partial charge in [-0.1, -0.05) is 18.2 Å². The number of benzene rings is 3. The van der Waals surface area contributed by atoms with Crippen LogP contribution in [0.2, 0.25) is 0 Å². The Morgan fingerprint density at radius 2 is 1.56 bits per heavy atom. The maximum atomic E-state index is 12.6. The number of amides is 1. The van der Waals surface area contributed by atoms with Crippen LogP contribution in [0, 0.1) is 6.92 Å². The smallest absolute Gasteiger partial charge is 0.255 e. The maximum Gasteiger partial charge on any atom is 0.255 e. The molecule has 25 heavy (non-hydrogen) atoms. The van der Waals surface area contributed by atoms with Gasteiger partial charge in [0, 0.05) is 10.0 Å². The minimum Gasteiger partial charge on any atom is -0.321 e. The second-order valence-corrected chi connectivity index (χ2v) is 6.71. The quantitative estimate of drug-likeness (QED) is 0.483. The second-order valence-electron chi connectivity index (χ2n) is 5.85. The van der Waals surface area contributed by atoms with Gasteiger partial charge >= 0.3 is 0 Å². The van der Waals surface area contributed by atoms with Crippen molar-refractivity contribution in [3.8, 4) is 0 Å². The third kappa shape index (κ3) is 3.10. The molecule has 122 valence electrons. The lowest BCUT2D eigenvalue weighted by atomic mass is 10.1. The maximum absolute atomic E-state index is 12.6. The average Bonchev–Trinajstić information content (AvgIpc) is 2.61. The Morgan fingerprint density at radius 1 is 0.880 bits per heavy atom. The summed E-state index contributed by atoms with van der Waals surface area (Å²) in [6.07, 6.45) is 0. The minimum atomic E-state index is -0.179. The number of aromatic nitrogens is 2. The number of hydrogen-bond acceptors (Lipinski definition) is 3. The fourth-order valence-electron chi connectivity index (χ4n) is 2.68. The molecule has 0 aliphatic heterocycles. The molecule has 4 nitrogen and oxygen atoms in total. The van der Waals surface area contributed by atoms with Crippen molar-refractivity contribution in [1.29, 1.82) is 0 Å². The summed E-state index contributed by atoms with van der Waals surface area (Å²) < 4.78 is 0.854. The number of hydrogen-bond donors (Lipinski definition) is 1. The van der Waals surface area contributed by atoms with Gasteiger partial charge in [-0.25, -0.2) is 9.97 Å². The van der Waals surface area contributed by atoms with Crippen molar-refractivity contribution in [3.05, 3.63) is 76.3 Å². The van der Waals surface area contributed by atoms with Gasteiger partial charge in [-0.3, -0.25) is 4.79 Å². The van der Waals surface area contributed by atoms with Crippen molar-refractivity contribution in [2.75, 3.05) is 5.32 Å². The van der Waals surface area contributed by atoms with E-state index in [-0.39, 0.29) is 5.91 Å². The molecule has 3 aromatic carbocycles. The molecule has 0 atom stereocenters. The zero-order valence-electron chi connectivity index (χ0n) is 13.5. The summed E-state index contributed by atoms with van der Waals surface area (Å²) in [5.41, 5.74) is 5.54. The van der Waals surface area contributed by atoms with Crippen LogP contribution in [0.5, 0.6) is 0 Å². The molecule has 1 aromatic heterocycles. The fourth-order valence-corrected chi connectivity index (χ4v) is 3.27. The molecule has 0 radical (unpaired) electrons. The largest absolute Gasteiger partial charge is 0.321 e. The third-order valence-electron chi connectivity index (χ3n) is 3.97. The van der Waals surface area contributed by atoms with Gasteiger partial charge in [0.15, 0.2) is 0 Å². The van der Waals surface area contributed by atoms with E-state index < -0.39 is 0 Å². The first-order valence-electron chi connectivity index (χ1n) is 7.84. The zero-order chi connectivity index (χ0) is 17.4. The highest BCUT2D eigenvalue weighted by atomic mass is 79.9. The second kappa shape index (κ2) is 6.26. The van der Waals surface area contributed by atoms with Crippen LogP contribution in [0.4, 0.5) is 5.69 Å². The fraction of sp³-hybridized carbons (Fsp3) is 0.0500. The number of rotatable bonds is 2. The Bertz CT molecular complexity index is 1120. The highest BCUT2D eigenvalue weighted by Gasteiger charge is 2.10. The lowest BCUT2D eigenvalue weighted by molar-refractivity contribution is 0.102. The van der Waals surface area contributed by atoms with E-state index in [0.717, 1.165) is 32.3 Å². The van der Waals surface area contributed by atoms with E-state index in [2.05, 4.69) is 31.2 Å². The Kier molecular flexibility index (Phi) is 3.93. The molecule has 0 fully saturated rings. The summed E-state index contributed by atoms with van der Waals surface area (Å²) in [5, 5.41) is 2.92. The summed E-state index contributed by atoms with van der Waals surface area (Å²) in [6.45, 7) is 2.00. The van der Waals surface area contributed by atoms with Crippen LogP contribution in [0.25, 0.3) is 22.1 Å². The van der Waals surface area contributed by atoms with Gasteiger partial charge in [0.25, 0.3) is 5.91 Å². The number of carbonyl (C=O) groups is 1. The van der Waals surface area contributed by atoms with Crippen LogP contribution in [0.15, 0.2) is 65.1 Å². The molecule has 4 rings (SSSR count). The lowest BCUT2D eigenvalue weighted by Crippen LogP contribution is -2.12. The van der Waals surface area contributed by atoms with Crippen molar-refractivity contribution in [2.45, 2.75) is 6.92 Å². The number of para-hydroxylation sites is 2. The Balaban J connectivity index is 1.70. The summed E-state index contributed by atoms with van der Waals surface area (Å²) in [7, 11) is 0. The van der Waals surface area contributed by atoms with E-state index in [1.54, 1.807) is 12.1 Å². The predicted molar refractivity (Wildman–Crippen MR) is 104 cm³/mol. The van der Waals surface area contributed by atoms with Gasteiger partial charge in [0.1, 0.15) is 0 Å². The zero-order valence-corrected chi connectivity index (χ0v) is 15.0. The Hall–Kier alpha value is -2.79. The molecule has 1 N–H and O–H groups in total. The Morgan fingerprint density at radius 3 is 2.28 bits per heavy atom. The van der Waals surface area contributed by atoms with E-state index in [1.807, 2.05) is 55.5 Å². The number of carbonyl (C=O) groups excluding carboxylic acids is 1. The number of fused-ring (bicyclic) bond motifs is 2. The number of halogens is 1. The molecule has 0 unspecified atom stereocenters.